The smallest absolute Gasteiger partial charge is 0.304 e. The summed E-state index contributed by atoms with van der Waals surface area (Å²) in [5, 5.41) is 0. The van der Waals surface area contributed by atoms with Gasteiger partial charge in [0.25, 0.3) is 0 Å². The first kappa shape index (κ1) is 13.4. The van der Waals surface area contributed by atoms with Crippen LogP contribution in [0.25, 0.3) is 0 Å². The lowest BCUT2D eigenvalue weighted by atomic mass is 9.92. The lowest BCUT2D eigenvalue weighted by Crippen LogP contribution is -2.55. The molecule has 1 fully saturated rings. The molecule has 0 N–H and O–H groups in total. The van der Waals surface area contributed by atoms with Gasteiger partial charge in [-0.2, -0.15) is 0 Å². The van der Waals surface area contributed by atoms with Gasteiger partial charge in [-0.05, 0) is 6.92 Å². The Labute approximate surface area is 96.0 Å². The molecule has 0 bridgehead atoms. The Morgan fingerprint density at radius 3 is 2.12 bits per heavy atom. The number of hydrogen-bond donors (Lipinski definition) is 0. The molecule has 94 valence electrons. The van der Waals surface area contributed by atoms with Crippen LogP contribution in [0.5, 0.6) is 0 Å². The van der Waals surface area contributed by atoms with Crippen molar-refractivity contribution in [3.63, 3.8) is 0 Å². The van der Waals surface area contributed by atoms with Gasteiger partial charge in [0.2, 0.25) is 6.29 Å². The largest absolute Gasteiger partial charge is 0.436 e. The summed E-state index contributed by atoms with van der Waals surface area (Å²) in [5.74, 6) is -0.412. The SMILES string of the molecule is COC1C(C)OC(OC(C)=O)C(C)C1OC. The highest BCUT2D eigenvalue weighted by atomic mass is 16.7. The Balaban J connectivity index is 2.75. The van der Waals surface area contributed by atoms with E-state index in [0.717, 1.165) is 0 Å². The molecule has 0 radical (unpaired) electrons. The fraction of sp³-hybridized carbons (Fsp3) is 0.909. The molecule has 1 aliphatic rings. The van der Waals surface area contributed by atoms with Gasteiger partial charge in [0.05, 0.1) is 12.2 Å². The van der Waals surface area contributed by atoms with E-state index in [-0.39, 0.29) is 30.2 Å². The van der Waals surface area contributed by atoms with Crippen molar-refractivity contribution in [3.05, 3.63) is 0 Å². The molecule has 0 aromatic rings. The first-order valence-corrected chi connectivity index (χ1v) is 5.39. The van der Waals surface area contributed by atoms with Crippen LogP contribution in [-0.2, 0) is 23.7 Å². The van der Waals surface area contributed by atoms with Crippen molar-refractivity contribution in [2.75, 3.05) is 14.2 Å². The third-order valence-electron chi connectivity index (χ3n) is 2.91. The molecule has 1 aliphatic heterocycles. The molecule has 5 unspecified atom stereocenters. The molecule has 0 aliphatic carbocycles. The van der Waals surface area contributed by atoms with Crippen molar-refractivity contribution < 1.29 is 23.7 Å². The van der Waals surface area contributed by atoms with Gasteiger partial charge < -0.3 is 18.9 Å². The number of methoxy groups -OCH3 is 2. The summed E-state index contributed by atoms with van der Waals surface area (Å²) in [6.07, 6.45) is -1.02. The van der Waals surface area contributed by atoms with Crippen LogP contribution in [0, 0.1) is 5.92 Å². The zero-order chi connectivity index (χ0) is 12.3. The van der Waals surface area contributed by atoms with Gasteiger partial charge in [-0.15, -0.1) is 0 Å². The van der Waals surface area contributed by atoms with Gasteiger partial charge in [-0.1, -0.05) is 6.92 Å². The second-order valence-corrected chi connectivity index (χ2v) is 4.08. The number of carbonyl (C=O) groups excluding carboxylic acids is 1. The molecular weight excluding hydrogens is 212 g/mol. The van der Waals surface area contributed by atoms with E-state index < -0.39 is 6.29 Å². The number of hydrogen-bond acceptors (Lipinski definition) is 5. The van der Waals surface area contributed by atoms with E-state index in [9.17, 15) is 4.79 Å². The van der Waals surface area contributed by atoms with E-state index in [2.05, 4.69) is 0 Å². The monoisotopic (exact) mass is 232 g/mol. The van der Waals surface area contributed by atoms with Crippen molar-refractivity contribution in [2.24, 2.45) is 5.92 Å². The van der Waals surface area contributed by atoms with Gasteiger partial charge in [-0.3, -0.25) is 4.79 Å². The summed E-state index contributed by atoms with van der Waals surface area (Å²) in [7, 11) is 3.24. The number of esters is 1. The topological polar surface area (TPSA) is 54.0 Å². The second-order valence-electron chi connectivity index (χ2n) is 4.08. The normalized spacial score (nSPS) is 39.4. The molecule has 0 amide bonds. The quantitative estimate of drug-likeness (QED) is 0.678. The highest BCUT2D eigenvalue weighted by Gasteiger charge is 2.43. The number of ether oxygens (including phenoxy) is 4. The lowest BCUT2D eigenvalue weighted by Gasteiger charge is -2.42. The van der Waals surface area contributed by atoms with Crippen molar-refractivity contribution >= 4 is 5.97 Å². The molecule has 0 saturated carbocycles. The van der Waals surface area contributed by atoms with Crippen LogP contribution in [0.15, 0.2) is 0 Å². The fourth-order valence-corrected chi connectivity index (χ4v) is 2.11. The van der Waals surface area contributed by atoms with Gasteiger partial charge in [0, 0.05) is 27.1 Å². The van der Waals surface area contributed by atoms with Crippen LogP contribution in [0.1, 0.15) is 20.8 Å². The van der Waals surface area contributed by atoms with Crippen LogP contribution < -0.4 is 0 Å². The van der Waals surface area contributed by atoms with E-state index in [4.69, 9.17) is 18.9 Å². The van der Waals surface area contributed by atoms with Gasteiger partial charge in [-0.25, -0.2) is 0 Å². The molecule has 5 nitrogen and oxygen atoms in total. The fourth-order valence-electron chi connectivity index (χ4n) is 2.11. The van der Waals surface area contributed by atoms with E-state index in [1.165, 1.54) is 6.92 Å². The molecular formula is C11H20O5. The standard InChI is InChI=1S/C11H20O5/c1-6-9(13-4)10(14-5)7(2)15-11(6)16-8(3)12/h6-7,9-11H,1-5H3. The molecule has 1 saturated heterocycles. The zero-order valence-electron chi connectivity index (χ0n) is 10.4. The van der Waals surface area contributed by atoms with Gasteiger partial charge >= 0.3 is 5.97 Å². The average Bonchev–Trinajstić information content (AvgIpc) is 2.21. The van der Waals surface area contributed by atoms with E-state index in [0.29, 0.717) is 0 Å². The first-order valence-electron chi connectivity index (χ1n) is 5.39. The summed E-state index contributed by atoms with van der Waals surface area (Å²) < 4.78 is 21.4. The Bertz CT molecular complexity index is 243. The third kappa shape index (κ3) is 2.72. The molecule has 1 rings (SSSR count). The number of rotatable bonds is 3. The van der Waals surface area contributed by atoms with E-state index in [1.54, 1.807) is 14.2 Å². The van der Waals surface area contributed by atoms with Crippen LogP contribution in [0.3, 0.4) is 0 Å². The Kier molecular flexibility index (Phi) is 4.70. The Morgan fingerprint density at radius 1 is 1.12 bits per heavy atom. The first-order chi connectivity index (χ1) is 7.51. The highest BCUT2D eigenvalue weighted by Crippen LogP contribution is 2.29. The van der Waals surface area contributed by atoms with Gasteiger partial charge in [0.1, 0.15) is 6.10 Å². The summed E-state index contributed by atoms with van der Waals surface area (Å²) in [6, 6.07) is 0. The highest BCUT2D eigenvalue weighted by molar-refractivity contribution is 5.66. The van der Waals surface area contributed by atoms with Crippen molar-refractivity contribution in [1.82, 2.24) is 0 Å². The molecule has 5 atom stereocenters. The number of carbonyl (C=O) groups is 1. The van der Waals surface area contributed by atoms with E-state index in [1.807, 2.05) is 13.8 Å². The molecule has 0 spiro atoms. The van der Waals surface area contributed by atoms with Gasteiger partial charge in [0.15, 0.2) is 0 Å². The maximum atomic E-state index is 10.9. The maximum Gasteiger partial charge on any atom is 0.304 e. The molecule has 16 heavy (non-hydrogen) atoms. The van der Waals surface area contributed by atoms with Crippen molar-refractivity contribution in [2.45, 2.75) is 45.4 Å². The maximum absolute atomic E-state index is 10.9. The van der Waals surface area contributed by atoms with E-state index >= 15 is 0 Å². The molecule has 0 aromatic heterocycles. The predicted octanol–water partition coefficient (Wildman–Crippen LogP) is 0.960. The molecule has 5 heteroatoms. The van der Waals surface area contributed by atoms with Crippen molar-refractivity contribution in [3.8, 4) is 0 Å². The minimum absolute atomic E-state index is 0.0601. The Hall–Kier alpha value is -0.650. The molecule has 0 aromatic carbocycles. The minimum atomic E-state index is -0.566. The van der Waals surface area contributed by atoms with Crippen molar-refractivity contribution in [1.29, 1.82) is 0 Å². The molecule has 1 heterocycles. The van der Waals surface area contributed by atoms with Crippen LogP contribution >= 0.6 is 0 Å². The van der Waals surface area contributed by atoms with Crippen LogP contribution in [-0.4, -0.2) is 44.8 Å². The third-order valence-corrected chi connectivity index (χ3v) is 2.91. The summed E-state index contributed by atoms with van der Waals surface area (Å²) in [5.41, 5.74) is 0. The summed E-state index contributed by atoms with van der Waals surface area (Å²) in [6.45, 7) is 5.16. The summed E-state index contributed by atoms with van der Waals surface area (Å²) in [4.78, 5) is 10.9. The Morgan fingerprint density at radius 2 is 1.69 bits per heavy atom. The average molecular weight is 232 g/mol. The van der Waals surface area contributed by atoms with Crippen LogP contribution in [0.4, 0.5) is 0 Å². The zero-order valence-corrected chi connectivity index (χ0v) is 10.4. The predicted molar refractivity (Wildman–Crippen MR) is 56.9 cm³/mol. The second kappa shape index (κ2) is 5.61. The summed E-state index contributed by atoms with van der Waals surface area (Å²) >= 11 is 0. The lowest BCUT2D eigenvalue weighted by molar-refractivity contribution is -0.272. The van der Waals surface area contributed by atoms with Crippen LogP contribution in [0.2, 0.25) is 0 Å². The minimum Gasteiger partial charge on any atom is -0.436 e.